The molecular formula is C28H32O6. The summed E-state index contributed by atoms with van der Waals surface area (Å²) in [5.41, 5.74) is -1.44. The van der Waals surface area contributed by atoms with Crippen molar-refractivity contribution in [1.82, 2.24) is 0 Å². The first-order valence-corrected chi connectivity index (χ1v) is 12.2. The molecule has 0 spiro atoms. The second-order valence-electron chi connectivity index (χ2n) is 11.0. The van der Waals surface area contributed by atoms with Crippen LogP contribution < -0.4 is 0 Å². The van der Waals surface area contributed by atoms with Crippen LogP contribution in [0.1, 0.15) is 56.3 Å². The number of hydrogen-bond acceptors (Lipinski definition) is 6. The average Bonchev–Trinajstić information content (AvgIpc) is 3.09. The summed E-state index contributed by atoms with van der Waals surface area (Å²) in [5.74, 6) is -0.987. The van der Waals surface area contributed by atoms with E-state index in [1.807, 2.05) is 13.0 Å². The van der Waals surface area contributed by atoms with Gasteiger partial charge in [-0.2, -0.15) is 0 Å². The molecule has 3 saturated carbocycles. The van der Waals surface area contributed by atoms with Crippen LogP contribution in [0, 0.1) is 28.6 Å². The lowest BCUT2D eigenvalue weighted by molar-refractivity contribution is -0.178. The number of ether oxygens (including phenoxy) is 1. The van der Waals surface area contributed by atoms with Gasteiger partial charge in [0.25, 0.3) is 0 Å². The molecule has 0 heterocycles. The van der Waals surface area contributed by atoms with Gasteiger partial charge in [0.05, 0.1) is 11.7 Å². The Morgan fingerprint density at radius 1 is 1.15 bits per heavy atom. The fourth-order valence-corrected chi connectivity index (χ4v) is 7.70. The summed E-state index contributed by atoms with van der Waals surface area (Å²) < 4.78 is 5.26. The molecule has 3 fully saturated rings. The van der Waals surface area contributed by atoms with Gasteiger partial charge in [0.1, 0.15) is 5.60 Å². The summed E-state index contributed by atoms with van der Waals surface area (Å²) in [6.45, 7) is 3.51. The topological polar surface area (TPSA) is 101 Å². The predicted octanol–water partition coefficient (Wildman–Crippen LogP) is 3.42. The zero-order valence-corrected chi connectivity index (χ0v) is 19.7. The van der Waals surface area contributed by atoms with Crippen molar-refractivity contribution in [3.8, 4) is 0 Å². The summed E-state index contributed by atoms with van der Waals surface area (Å²) in [7, 11) is 0. The maximum Gasteiger partial charge on any atom is 0.338 e. The van der Waals surface area contributed by atoms with Crippen molar-refractivity contribution in [3.05, 3.63) is 59.7 Å². The Labute approximate surface area is 199 Å². The SMILES string of the molecule is CC12C=CC(=O)C=C1CCC1C2C(O)CC2(C)C1CCC2(O)C(=O)COC(=O)c1ccccc1. The van der Waals surface area contributed by atoms with Crippen molar-refractivity contribution in [3.63, 3.8) is 0 Å². The Morgan fingerprint density at radius 3 is 2.62 bits per heavy atom. The van der Waals surface area contributed by atoms with Crippen LogP contribution in [0.4, 0.5) is 0 Å². The van der Waals surface area contributed by atoms with E-state index in [1.54, 1.807) is 42.5 Å². The molecule has 0 amide bonds. The van der Waals surface area contributed by atoms with E-state index in [-0.39, 0.29) is 23.5 Å². The van der Waals surface area contributed by atoms with E-state index in [1.165, 1.54) is 0 Å². The number of carbonyl (C=O) groups excluding carboxylic acids is 3. The Hall–Kier alpha value is -2.57. The first-order valence-electron chi connectivity index (χ1n) is 12.2. The minimum atomic E-state index is -1.66. The number of carbonyl (C=O) groups is 3. The Bertz CT molecular complexity index is 1090. The van der Waals surface area contributed by atoms with Crippen LogP contribution in [-0.4, -0.2) is 46.1 Å². The molecule has 180 valence electrons. The van der Waals surface area contributed by atoms with E-state index in [9.17, 15) is 24.6 Å². The fraction of sp³-hybridized carbons (Fsp3) is 0.536. The highest BCUT2D eigenvalue weighted by Crippen LogP contribution is 2.67. The smallest absolute Gasteiger partial charge is 0.338 e. The molecule has 1 aromatic rings. The maximum atomic E-state index is 13.3. The second kappa shape index (κ2) is 7.99. The number of esters is 1. The summed E-state index contributed by atoms with van der Waals surface area (Å²) in [6.07, 6.45) is 7.39. The number of Topliss-reactive ketones (excluding diaryl/α,β-unsaturated/α-hetero) is 1. The monoisotopic (exact) mass is 464 g/mol. The van der Waals surface area contributed by atoms with Gasteiger partial charge in [-0.15, -0.1) is 0 Å². The molecule has 0 saturated heterocycles. The molecule has 2 N–H and O–H groups in total. The molecule has 1 aromatic carbocycles. The van der Waals surface area contributed by atoms with Crippen molar-refractivity contribution in [2.24, 2.45) is 28.6 Å². The van der Waals surface area contributed by atoms with E-state index in [0.29, 0.717) is 24.8 Å². The molecule has 4 aliphatic carbocycles. The number of fused-ring (bicyclic) bond motifs is 5. The van der Waals surface area contributed by atoms with Crippen LogP contribution >= 0.6 is 0 Å². The fourth-order valence-electron chi connectivity index (χ4n) is 7.70. The molecular weight excluding hydrogens is 432 g/mol. The van der Waals surface area contributed by atoms with Gasteiger partial charge in [-0.3, -0.25) is 9.59 Å². The third kappa shape index (κ3) is 3.26. The van der Waals surface area contributed by atoms with E-state index in [0.717, 1.165) is 18.4 Å². The molecule has 34 heavy (non-hydrogen) atoms. The summed E-state index contributed by atoms with van der Waals surface area (Å²) in [5, 5.41) is 23.1. The number of rotatable bonds is 4. The normalized spacial score (nSPS) is 40.6. The van der Waals surface area contributed by atoms with Crippen molar-refractivity contribution < 1.29 is 29.3 Å². The Kier molecular flexibility index (Phi) is 5.45. The van der Waals surface area contributed by atoms with E-state index in [2.05, 4.69) is 6.92 Å². The molecule has 5 rings (SSSR count). The van der Waals surface area contributed by atoms with Crippen molar-refractivity contribution in [2.75, 3.05) is 6.61 Å². The van der Waals surface area contributed by atoms with Crippen molar-refractivity contribution >= 4 is 17.5 Å². The molecule has 4 aliphatic rings. The third-order valence-corrected chi connectivity index (χ3v) is 9.45. The number of aliphatic hydroxyl groups is 2. The van der Waals surface area contributed by atoms with Crippen LogP contribution in [0.15, 0.2) is 54.1 Å². The summed E-state index contributed by atoms with van der Waals surface area (Å²) in [4.78, 5) is 37.6. The molecule has 7 atom stereocenters. The molecule has 6 nitrogen and oxygen atoms in total. The Balaban J connectivity index is 1.37. The minimum absolute atomic E-state index is 0.00745. The predicted molar refractivity (Wildman–Crippen MR) is 125 cm³/mol. The quantitative estimate of drug-likeness (QED) is 0.662. The maximum absolute atomic E-state index is 13.3. The first kappa shape index (κ1) is 23.2. The average molecular weight is 465 g/mol. The second-order valence-corrected chi connectivity index (χ2v) is 11.0. The highest BCUT2D eigenvalue weighted by Gasteiger charge is 2.68. The highest BCUT2D eigenvalue weighted by atomic mass is 16.5. The van der Waals surface area contributed by atoms with Crippen molar-refractivity contribution in [2.45, 2.75) is 57.7 Å². The number of aliphatic hydroxyl groups excluding tert-OH is 1. The third-order valence-electron chi connectivity index (χ3n) is 9.45. The van der Waals surface area contributed by atoms with Crippen LogP contribution in [0.5, 0.6) is 0 Å². The standard InChI is InChI=1S/C28H32O6/c1-26-12-10-19(29)14-18(26)8-9-20-21-11-13-28(33,27(21,2)15-22(30)24(20)26)23(31)16-34-25(32)17-6-4-3-5-7-17/h3-7,10,12,14,20-22,24,30,33H,8-9,11,13,15-16H2,1-2H3. The number of hydrogen-bond donors (Lipinski definition) is 2. The molecule has 7 unspecified atom stereocenters. The van der Waals surface area contributed by atoms with E-state index in [4.69, 9.17) is 4.74 Å². The zero-order chi connectivity index (χ0) is 24.3. The lowest BCUT2D eigenvalue weighted by atomic mass is 9.46. The lowest BCUT2D eigenvalue weighted by Crippen LogP contribution is -2.61. The van der Waals surface area contributed by atoms with Gasteiger partial charge in [-0.1, -0.05) is 43.7 Å². The van der Waals surface area contributed by atoms with E-state index >= 15 is 0 Å². The van der Waals surface area contributed by atoms with Crippen molar-refractivity contribution in [1.29, 1.82) is 0 Å². The minimum Gasteiger partial charge on any atom is -0.454 e. The highest BCUT2D eigenvalue weighted by molar-refractivity contribution is 6.01. The van der Waals surface area contributed by atoms with Gasteiger partial charge in [0.2, 0.25) is 5.78 Å². The van der Waals surface area contributed by atoms with E-state index < -0.39 is 40.9 Å². The molecule has 0 aliphatic heterocycles. The van der Waals surface area contributed by atoms with Crippen LogP contribution in [0.3, 0.4) is 0 Å². The van der Waals surface area contributed by atoms with Crippen LogP contribution in [-0.2, 0) is 14.3 Å². The van der Waals surface area contributed by atoms with Gasteiger partial charge >= 0.3 is 5.97 Å². The first-order chi connectivity index (χ1) is 16.1. The van der Waals surface area contributed by atoms with Gasteiger partial charge in [-0.25, -0.2) is 4.79 Å². The lowest BCUT2D eigenvalue weighted by Gasteiger charge is -2.59. The number of allylic oxidation sites excluding steroid dienone is 4. The zero-order valence-electron chi connectivity index (χ0n) is 19.7. The van der Waals surface area contributed by atoms with Gasteiger partial charge in [0.15, 0.2) is 12.4 Å². The van der Waals surface area contributed by atoms with Gasteiger partial charge < -0.3 is 14.9 Å². The number of benzene rings is 1. The molecule has 6 heteroatoms. The Morgan fingerprint density at radius 2 is 1.88 bits per heavy atom. The van der Waals surface area contributed by atoms with Crippen LogP contribution in [0.25, 0.3) is 0 Å². The summed E-state index contributed by atoms with van der Waals surface area (Å²) >= 11 is 0. The number of ketones is 2. The summed E-state index contributed by atoms with van der Waals surface area (Å²) in [6, 6.07) is 8.46. The molecule has 0 aromatic heterocycles. The van der Waals surface area contributed by atoms with Crippen LogP contribution in [0.2, 0.25) is 0 Å². The van der Waals surface area contributed by atoms with Gasteiger partial charge in [-0.05, 0) is 68.2 Å². The largest absolute Gasteiger partial charge is 0.454 e. The molecule has 0 radical (unpaired) electrons. The van der Waals surface area contributed by atoms with Gasteiger partial charge in [0, 0.05) is 16.7 Å². The molecule has 0 bridgehead atoms.